The second-order valence-electron chi connectivity index (χ2n) is 21.7. The lowest BCUT2D eigenvalue weighted by atomic mass is 10.1. The van der Waals surface area contributed by atoms with Crippen molar-refractivity contribution in [2.24, 2.45) is 0 Å². The Hall–Kier alpha value is -5.34. The monoisotopic (exact) mass is 989 g/mol. The molecular weight excluding hydrogens is 917 g/mol. The van der Waals surface area contributed by atoms with Crippen LogP contribution in [-0.2, 0) is 47.9 Å². The minimum Gasteiger partial charge on any atom is -0.480 e. The number of carboxylic acid groups (broad SMARTS) is 1. The fourth-order valence-electron chi connectivity index (χ4n) is 14.2. The molecule has 21 heteroatoms. The van der Waals surface area contributed by atoms with Gasteiger partial charge < -0.3 is 54.5 Å². The van der Waals surface area contributed by atoms with E-state index in [1.54, 1.807) is 34.3 Å². The fraction of sp³-hybridized carbons (Fsp3) is 0.800. The van der Waals surface area contributed by atoms with Crippen molar-refractivity contribution < 1.29 is 53.1 Å². The van der Waals surface area contributed by atoms with E-state index in [9.17, 15) is 53.1 Å². The molecule has 0 unspecified atom stereocenters. The predicted molar refractivity (Wildman–Crippen MR) is 251 cm³/mol. The maximum absolute atomic E-state index is 14.6. The molecule has 0 aromatic rings. The quantitative estimate of drug-likeness (QED) is 0.289. The van der Waals surface area contributed by atoms with Gasteiger partial charge in [0.05, 0.1) is 6.04 Å². The van der Waals surface area contributed by atoms with E-state index in [0.717, 1.165) is 25.8 Å². The first kappa shape index (κ1) is 49.2. The fourth-order valence-corrected chi connectivity index (χ4v) is 14.2. The van der Waals surface area contributed by atoms with E-state index in [4.69, 9.17) is 0 Å². The lowest BCUT2D eigenvalue weighted by molar-refractivity contribution is -0.156. The number of carbonyl (C=O) groups is 10. The molecule has 71 heavy (non-hydrogen) atoms. The number of amides is 9. The van der Waals surface area contributed by atoms with Crippen LogP contribution >= 0.6 is 0 Å². The van der Waals surface area contributed by atoms with Crippen LogP contribution in [0.15, 0.2) is 0 Å². The summed E-state index contributed by atoms with van der Waals surface area (Å²) in [5.41, 5.74) is 0. The molecule has 10 heterocycles. The molecule has 0 aromatic heterocycles. The number of hydrogen-bond donors (Lipinski definition) is 2. The van der Waals surface area contributed by atoms with Crippen molar-refractivity contribution in [2.75, 3.05) is 65.4 Å². The van der Waals surface area contributed by atoms with Gasteiger partial charge in [-0.2, -0.15) is 0 Å². The summed E-state index contributed by atoms with van der Waals surface area (Å²) in [5.74, 6) is -3.53. The van der Waals surface area contributed by atoms with E-state index in [-0.39, 0.29) is 59.2 Å². The van der Waals surface area contributed by atoms with Crippen molar-refractivity contribution in [3.05, 3.63) is 0 Å². The van der Waals surface area contributed by atoms with Gasteiger partial charge in [0.25, 0.3) is 0 Å². The van der Waals surface area contributed by atoms with Crippen LogP contribution in [0.4, 0.5) is 0 Å². The maximum atomic E-state index is 14.6. The Morgan fingerprint density at radius 2 is 0.465 bits per heavy atom. The molecule has 0 spiro atoms. The highest BCUT2D eigenvalue weighted by molar-refractivity contribution is 6.00. The first-order valence-corrected chi connectivity index (χ1v) is 27.1. The zero-order valence-electron chi connectivity index (χ0n) is 41.0. The summed E-state index contributed by atoms with van der Waals surface area (Å²) in [5, 5.41) is 13.0. The third-order valence-corrected chi connectivity index (χ3v) is 17.7. The maximum Gasteiger partial charge on any atom is 0.326 e. The molecule has 2 N–H and O–H groups in total. The standard InChI is InChI=1S/C50H72N10O11/c61-41(31-11-1-21-51-31)52-22-2-12-32(52)42(62)53-23-3-13-33(53)43(63)54-24-4-14-34(54)44(64)55-25-5-15-35(55)45(65)56-26-6-16-36(56)46(66)57-27-7-17-37(57)47(67)58-28-8-18-38(58)48(68)59-29-9-19-39(59)49(69)60-30-10-20-40(60)50(70)71/h31-40,51H,1-30H2,(H,70,71)/t31-,32-,33-,34-,35-,36-,37-,38-,39-,40-/m0/s1. The van der Waals surface area contributed by atoms with Crippen LogP contribution in [0.3, 0.4) is 0 Å². The van der Waals surface area contributed by atoms with Crippen LogP contribution in [0.1, 0.15) is 128 Å². The van der Waals surface area contributed by atoms with Crippen LogP contribution in [0.5, 0.6) is 0 Å². The number of likely N-dealkylation sites (tertiary alicyclic amines) is 9. The third kappa shape index (κ3) is 9.03. The summed E-state index contributed by atoms with van der Waals surface area (Å²) in [6, 6.07) is -7.37. The van der Waals surface area contributed by atoms with Gasteiger partial charge >= 0.3 is 5.97 Å². The van der Waals surface area contributed by atoms with Gasteiger partial charge in [0, 0.05) is 58.9 Å². The van der Waals surface area contributed by atoms with Gasteiger partial charge in [-0.3, -0.25) is 43.2 Å². The Morgan fingerprint density at radius 1 is 0.268 bits per heavy atom. The van der Waals surface area contributed by atoms with Gasteiger partial charge in [-0.15, -0.1) is 0 Å². The van der Waals surface area contributed by atoms with Crippen LogP contribution in [-0.4, -0.2) is 234 Å². The zero-order chi connectivity index (χ0) is 49.7. The van der Waals surface area contributed by atoms with E-state index in [1.165, 1.54) is 9.80 Å². The van der Waals surface area contributed by atoms with Crippen molar-refractivity contribution >= 4 is 59.1 Å². The van der Waals surface area contributed by atoms with Crippen molar-refractivity contribution in [1.29, 1.82) is 0 Å². The molecule has 10 rings (SSSR count). The predicted octanol–water partition coefficient (Wildman–Crippen LogP) is -0.258. The lowest BCUT2D eigenvalue weighted by Crippen LogP contribution is -2.59. The van der Waals surface area contributed by atoms with Gasteiger partial charge in [0.15, 0.2) is 0 Å². The van der Waals surface area contributed by atoms with E-state index >= 15 is 0 Å². The van der Waals surface area contributed by atoms with E-state index in [2.05, 4.69) is 5.32 Å². The highest BCUT2D eigenvalue weighted by atomic mass is 16.4. The Morgan fingerprint density at radius 3 is 0.662 bits per heavy atom. The number of nitrogens with one attached hydrogen (secondary N) is 1. The molecule has 10 fully saturated rings. The van der Waals surface area contributed by atoms with Crippen LogP contribution < -0.4 is 5.32 Å². The lowest BCUT2D eigenvalue weighted by Gasteiger charge is -2.37. The Balaban J connectivity index is 0.770. The second kappa shape index (κ2) is 20.6. The molecule has 0 saturated carbocycles. The van der Waals surface area contributed by atoms with Gasteiger partial charge in [-0.05, 0) is 135 Å². The highest BCUT2D eigenvalue weighted by Gasteiger charge is 2.52. The smallest absolute Gasteiger partial charge is 0.326 e. The Kier molecular flexibility index (Phi) is 14.3. The summed E-state index contributed by atoms with van der Waals surface area (Å²) >= 11 is 0. The molecule has 0 aromatic carbocycles. The third-order valence-electron chi connectivity index (χ3n) is 17.7. The number of carboxylic acids is 1. The SMILES string of the molecule is O=C(O)[C@@H]1CCCN1C(=O)[C@@H]1CCCN1C(=O)[C@@H]1CCCN1C(=O)[C@@H]1CCCN1C(=O)[C@@H]1CCCN1C(=O)[C@@H]1CCCN1C(=O)[C@@H]1CCCN1C(=O)[C@@H]1CCCN1C(=O)[C@@H]1CCCN1C(=O)[C@@H]1CCCN1. The van der Waals surface area contributed by atoms with E-state index in [1.807, 2.05) is 0 Å². The van der Waals surface area contributed by atoms with Crippen molar-refractivity contribution in [3.63, 3.8) is 0 Å². The minimum atomic E-state index is -1.06. The number of rotatable bonds is 10. The van der Waals surface area contributed by atoms with Crippen molar-refractivity contribution in [3.8, 4) is 0 Å². The number of hydrogen-bond acceptors (Lipinski definition) is 11. The average Bonchev–Trinajstić information content (AvgIpc) is 4.21. The Labute approximate surface area is 414 Å². The van der Waals surface area contributed by atoms with Crippen molar-refractivity contribution in [2.45, 2.75) is 189 Å². The van der Waals surface area contributed by atoms with Crippen molar-refractivity contribution in [1.82, 2.24) is 49.4 Å². The highest BCUT2D eigenvalue weighted by Crippen LogP contribution is 2.35. The first-order chi connectivity index (χ1) is 34.3. The normalized spacial score (nSPS) is 33.1. The molecule has 9 amide bonds. The van der Waals surface area contributed by atoms with Gasteiger partial charge in [-0.25, -0.2) is 4.79 Å². The molecular formula is C50H72N10O11. The second-order valence-corrected chi connectivity index (χ2v) is 21.7. The topological polar surface area (TPSA) is 232 Å². The molecule has 388 valence electrons. The molecule has 0 radical (unpaired) electrons. The largest absolute Gasteiger partial charge is 0.480 e. The Bertz CT molecular complexity index is 2170. The molecule has 10 aliphatic heterocycles. The molecule has 10 aliphatic rings. The number of nitrogens with zero attached hydrogens (tertiary/aromatic N) is 9. The first-order valence-electron chi connectivity index (χ1n) is 27.1. The molecule has 0 bridgehead atoms. The van der Waals surface area contributed by atoms with Crippen LogP contribution in [0, 0.1) is 0 Å². The summed E-state index contributed by atoms with van der Waals surface area (Å²) in [6.45, 7) is 4.02. The van der Waals surface area contributed by atoms with Crippen LogP contribution in [0.2, 0.25) is 0 Å². The van der Waals surface area contributed by atoms with Crippen LogP contribution in [0.25, 0.3) is 0 Å². The summed E-state index contributed by atoms with van der Waals surface area (Å²) < 4.78 is 0. The summed E-state index contributed by atoms with van der Waals surface area (Å²) in [7, 11) is 0. The molecule has 21 nitrogen and oxygen atoms in total. The summed E-state index contributed by atoms with van der Waals surface area (Å²) in [4.78, 5) is 154. The zero-order valence-corrected chi connectivity index (χ0v) is 41.0. The minimum absolute atomic E-state index is 0.0529. The number of carbonyl (C=O) groups excluding carboxylic acids is 9. The average molecular weight is 989 g/mol. The summed E-state index contributed by atoms with van der Waals surface area (Å²) in [6.07, 6.45) is 11.0. The molecule has 10 saturated heterocycles. The van der Waals surface area contributed by atoms with Gasteiger partial charge in [0.1, 0.15) is 54.4 Å². The van der Waals surface area contributed by atoms with E-state index < -0.39 is 60.3 Å². The molecule has 10 atom stereocenters. The molecule has 0 aliphatic carbocycles. The van der Waals surface area contributed by atoms with E-state index in [0.29, 0.717) is 168 Å². The van der Waals surface area contributed by atoms with Gasteiger partial charge in [-0.1, -0.05) is 0 Å². The number of aliphatic carboxylic acids is 1. The van der Waals surface area contributed by atoms with Gasteiger partial charge in [0.2, 0.25) is 53.2 Å².